The van der Waals surface area contributed by atoms with Gasteiger partial charge >= 0.3 is 5.97 Å². The predicted octanol–water partition coefficient (Wildman–Crippen LogP) is 0.932. The van der Waals surface area contributed by atoms with Gasteiger partial charge in [-0.3, -0.25) is 0 Å². The third-order valence-electron chi connectivity index (χ3n) is 0.522. The number of carboxylic acid groups (broad SMARTS) is 1. The molecular formula is C6H7NO3. The second-order valence-corrected chi connectivity index (χ2v) is 1.22. The summed E-state index contributed by atoms with van der Waals surface area (Å²) in [5, 5.41) is 7.60. The maximum Gasteiger partial charge on any atom is 0.327 e. The molecule has 0 spiro atoms. The number of carboxylic acids is 1. The van der Waals surface area contributed by atoms with Crippen LogP contribution in [-0.4, -0.2) is 16.1 Å². The Morgan fingerprint density at radius 1 is 1.80 bits per heavy atom. The van der Waals surface area contributed by atoms with Crippen molar-refractivity contribution in [1.29, 1.82) is 0 Å². The Labute approximate surface area is 57.8 Å². The van der Waals surface area contributed by atoms with Gasteiger partial charge in [-0.2, -0.15) is 0 Å². The van der Waals surface area contributed by atoms with Crippen LogP contribution in [-0.2, 0) is 4.79 Å². The van der Waals surface area contributed by atoms with E-state index in [0.29, 0.717) is 0 Å². The molecule has 1 rings (SSSR count). The van der Waals surface area contributed by atoms with Crippen LogP contribution in [0, 0.1) is 0 Å². The minimum absolute atomic E-state index is 0.833. The Kier molecular flexibility index (Phi) is 4.68. The van der Waals surface area contributed by atoms with E-state index in [-0.39, 0.29) is 0 Å². The van der Waals surface area contributed by atoms with Gasteiger partial charge in [0.25, 0.3) is 0 Å². The number of rotatable bonds is 1. The standard InChI is InChI=1S/C3H3NO.C3H4O2/c1-2-5-3-4-1;1-2-3(4)5/h1-3H;2H,1H2,(H,4,5). The van der Waals surface area contributed by atoms with Gasteiger partial charge in [0.1, 0.15) is 6.26 Å². The summed E-state index contributed by atoms with van der Waals surface area (Å²) in [4.78, 5) is 12.8. The van der Waals surface area contributed by atoms with E-state index in [1.807, 2.05) is 0 Å². The van der Waals surface area contributed by atoms with Crippen molar-refractivity contribution in [2.75, 3.05) is 0 Å². The molecule has 54 valence electrons. The molecule has 0 atom stereocenters. The normalized spacial score (nSPS) is 7.20. The van der Waals surface area contributed by atoms with Gasteiger partial charge in [0.05, 0.1) is 6.20 Å². The lowest BCUT2D eigenvalue weighted by Gasteiger charge is -1.64. The smallest absolute Gasteiger partial charge is 0.327 e. The molecule has 0 aliphatic rings. The molecule has 4 nitrogen and oxygen atoms in total. The first-order valence-corrected chi connectivity index (χ1v) is 2.45. The largest absolute Gasteiger partial charge is 0.478 e. The molecule has 0 saturated carbocycles. The molecule has 0 aliphatic carbocycles. The first-order chi connectivity index (χ1) is 4.77. The highest BCUT2D eigenvalue weighted by Gasteiger charge is 1.73. The molecule has 0 radical (unpaired) electrons. The molecule has 0 bridgehead atoms. The van der Waals surface area contributed by atoms with E-state index in [2.05, 4.69) is 16.0 Å². The van der Waals surface area contributed by atoms with Crippen molar-refractivity contribution < 1.29 is 14.3 Å². The van der Waals surface area contributed by atoms with Crippen LogP contribution in [0.5, 0.6) is 0 Å². The molecule has 0 aromatic carbocycles. The molecule has 0 unspecified atom stereocenters. The summed E-state index contributed by atoms with van der Waals surface area (Å²) in [6, 6.07) is 0. The van der Waals surface area contributed by atoms with Gasteiger partial charge in [0, 0.05) is 6.08 Å². The number of nitrogens with zero attached hydrogens (tertiary/aromatic N) is 1. The highest BCUT2D eigenvalue weighted by molar-refractivity contribution is 5.78. The van der Waals surface area contributed by atoms with Crippen molar-refractivity contribution in [3.05, 3.63) is 31.5 Å². The summed E-state index contributed by atoms with van der Waals surface area (Å²) >= 11 is 0. The van der Waals surface area contributed by atoms with Gasteiger partial charge in [0.2, 0.25) is 0 Å². The Bertz CT molecular complexity index is 164. The van der Waals surface area contributed by atoms with E-state index in [1.165, 1.54) is 12.7 Å². The van der Waals surface area contributed by atoms with Gasteiger partial charge in [-0.15, -0.1) is 0 Å². The summed E-state index contributed by atoms with van der Waals surface area (Å²) < 4.78 is 4.47. The maximum absolute atomic E-state index is 9.25. The highest BCUT2D eigenvalue weighted by Crippen LogP contribution is 1.72. The number of oxazole rings is 1. The topological polar surface area (TPSA) is 63.3 Å². The summed E-state index contributed by atoms with van der Waals surface area (Å²) in [6.45, 7) is 2.96. The molecular weight excluding hydrogens is 134 g/mol. The quantitative estimate of drug-likeness (QED) is 0.591. The number of hydrogen-bond acceptors (Lipinski definition) is 3. The van der Waals surface area contributed by atoms with Crippen LogP contribution >= 0.6 is 0 Å². The van der Waals surface area contributed by atoms with Crippen LogP contribution in [0.1, 0.15) is 0 Å². The van der Waals surface area contributed by atoms with Crippen LogP contribution in [0.25, 0.3) is 0 Å². The third-order valence-corrected chi connectivity index (χ3v) is 0.522. The summed E-state index contributed by atoms with van der Waals surface area (Å²) in [7, 11) is 0. The summed E-state index contributed by atoms with van der Waals surface area (Å²) in [6.07, 6.45) is 5.31. The molecule has 1 aromatic rings. The molecule has 4 heteroatoms. The second kappa shape index (κ2) is 5.55. The molecule has 0 fully saturated rings. The van der Waals surface area contributed by atoms with Gasteiger partial charge in [-0.1, -0.05) is 6.58 Å². The lowest BCUT2D eigenvalue weighted by Crippen LogP contribution is -1.82. The average molecular weight is 141 g/mol. The van der Waals surface area contributed by atoms with Crippen LogP contribution in [0.15, 0.2) is 35.9 Å². The minimum atomic E-state index is -0.981. The summed E-state index contributed by atoms with van der Waals surface area (Å²) in [5.74, 6) is -0.981. The molecule has 1 aromatic heterocycles. The molecule has 0 aliphatic heterocycles. The number of hydrogen-bond donors (Lipinski definition) is 1. The van der Waals surface area contributed by atoms with Crippen LogP contribution in [0.3, 0.4) is 0 Å². The number of aliphatic carboxylic acids is 1. The van der Waals surface area contributed by atoms with Gasteiger partial charge in [-0.25, -0.2) is 9.78 Å². The zero-order chi connectivity index (χ0) is 7.82. The zero-order valence-corrected chi connectivity index (χ0v) is 5.23. The monoisotopic (exact) mass is 141 g/mol. The average Bonchev–Trinajstić information content (AvgIpc) is 2.43. The van der Waals surface area contributed by atoms with Crippen LogP contribution < -0.4 is 0 Å². The molecule has 1 heterocycles. The number of aromatic nitrogens is 1. The Balaban J connectivity index is 0.000000162. The van der Waals surface area contributed by atoms with Crippen LogP contribution in [0.2, 0.25) is 0 Å². The minimum Gasteiger partial charge on any atom is -0.478 e. The first kappa shape index (κ1) is 8.42. The second-order valence-electron chi connectivity index (χ2n) is 1.22. The van der Waals surface area contributed by atoms with Gasteiger partial charge in [-0.05, 0) is 0 Å². The molecule has 0 amide bonds. The van der Waals surface area contributed by atoms with Crippen molar-refractivity contribution in [2.24, 2.45) is 0 Å². The fourth-order valence-electron chi connectivity index (χ4n) is 0.176. The lowest BCUT2D eigenvalue weighted by molar-refractivity contribution is -0.131. The Hall–Kier alpha value is -1.58. The van der Waals surface area contributed by atoms with Crippen LogP contribution in [0.4, 0.5) is 0 Å². The lowest BCUT2D eigenvalue weighted by atomic mass is 10.7. The van der Waals surface area contributed by atoms with E-state index in [9.17, 15) is 4.79 Å². The van der Waals surface area contributed by atoms with Gasteiger partial charge in [0.15, 0.2) is 6.39 Å². The van der Waals surface area contributed by atoms with E-state index >= 15 is 0 Å². The zero-order valence-electron chi connectivity index (χ0n) is 5.23. The molecule has 0 saturated heterocycles. The first-order valence-electron chi connectivity index (χ1n) is 2.45. The van der Waals surface area contributed by atoms with Crippen molar-refractivity contribution >= 4 is 5.97 Å². The predicted molar refractivity (Wildman–Crippen MR) is 34.3 cm³/mol. The fraction of sp³-hybridized carbons (Fsp3) is 0. The van der Waals surface area contributed by atoms with E-state index in [4.69, 9.17) is 5.11 Å². The Morgan fingerprint density at radius 2 is 2.40 bits per heavy atom. The fourth-order valence-corrected chi connectivity index (χ4v) is 0.176. The third kappa shape index (κ3) is 6.42. The van der Waals surface area contributed by atoms with E-state index in [1.54, 1.807) is 6.20 Å². The van der Waals surface area contributed by atoms with Crippen molar-refractivity contribution in [2.45, 2.75) is 0 Å². The van der Waals surface area contributed by atoms with Crippen molar-refractivity contribution in [3.63, 3.8) is 0 Å². The van der Waals surface area contributed by atoms with E-state index < -0.39 is 5.97 Å². The molecule has 1 N–H and O–H groups in total. The van der Waals surface area contributed by atoms with Gasteiger partial charge < -0.3 is 9.52 Å². The highest BCUT2D eigenvalue weighted by atomic mass is 16.4. The van der Waals surface area contributed by atoms with E-state index in [0.717, 1.165) is 6.08 Å². The molecule has 10 heavy (non-hydrogen) atoms. The SMILES string of the molecule is C=CC(=O)O.c1cocn1. The van der Waals surface area contributed by atoms with Crippen molar-refractivity contribution in [1.82, 2.24) is 4.98 Å². The Morgan fingerprint density at radius 3 is 2.50 bits per heavy atom. The number of carbonyl (C=O) groups is 1. The maximum atomic E-state index is 9.25. The van der Waals surface area contributed by atoms with Crippen molar-refractivity contribution in [3.8, 4) is 0 Å². The summed E-state index contributed by atoms with van der Waals surface area (Å²) in [5.41, 5.74) is 0.